The van der Waals surface area contributed by atoms with Crippen LogP contribution in [-0.4, -0.2) is 41.0 Å². The van der Waals surface area contributed by atoms with E-state index in [1.807, 2.05) is 0 Å². The minimum atomic E-state index is -1.19. The van der Waals surface area contributed by atoms with Gasteiger partial charge in [-0.15, -0.1) is 0 Å². The molecule has 8 heteroatoms. The smallest absolute Gasteiger partial charge is 0.307 e. The Morgan fingerprint density at radius 3 is 2.42 bits per heavy atom. The van der Waals surface area contributed by atoms with Crippen molar-refractivity contribution in [1.82, 2.24) is 0 Å². The summed E-state index contributed by atoms with van der Waals surface area (Å²) in [5.74, 6) is -2.57. The Morgan fingerprint density at radius 1 is 1.15 bits per heavy atom. The van der Waals surface area contributed by atoms with Gasteiger partial charge in [-0.2, -0.15) is 0 Å². The lowest BCUT2D eigenvalue weighted by Gasteiger charge is -2.37. The van der Waals surface area contributed by atoms with Gasteiger partial charge in [-0.05, 0) is 69.2 Å². The molecule has 0 aromatic carbocycles. The normalized spacial score (nSPS) is 26.8. The summed E-state index contributed by atoms with van der Waals surface area (Å²) in [6.45, 7) is 7.34. The summed E-state index contributed by atoms with van der Waals surface area (Å²) in [6, 6.07) is 0. The number of fused-ring (bicyclic) bond motifs is 1. The maximum Gasteiger partial charge on any atom is 0.307 e. The Hall–Kier alpha value is -3.00. The Kier molecular flexibility index (Phi) is 8.93. The number of hydrogen-bond acceptors (Lipinski definition) is 8. The second-order valence-corrected chi connectivity index (χ2v) is 8.86. The van der Waals surface area contributed by atoms with Crippen LogP contribution in [0.4, 0.5) is 0 Å². The summed E-state index contributed by atoms with van der Waals surface area (Å²) < 4.78 is 16.3. The molecule has 1 N–H and O–H groups in total. The van der Waals surface area contributed by atoms with Gasteiger partial charge in [0.05, 0.1) is 24.0 Å². The van der Waals surface area contributed by atoms with Gasteiger partial charge in [-0.3, -0.25) is 19.2 Å². The van der Waals surface area contributed by atoms with Gasteiger partial charge < -0.3 is 19.3 Å². The summed E-state index contributed by atoms with van der Waals surface area (Å²) in [5, 5.41) is 10.2. The molecule has 0 saturated carbocycles. The predicted octanol–water partition coefficient (Wildman–Crippen LogP) is 3.45. The molecule has 0 amide bonds. The lowest BCUT2D eigenvalue weighted by atomic mass is 9.75. The molecule has 1 heterocycles. The standard InChI is InChI=1S/C25H32O8/c1-15(25(4,5)30)11-22(29)21-14-32-24(33-17(3)28)23-19(13-31-16(2)27)8-6-7-18(12-26)9-10-20(21)23/h9,11-14,20,23-24,30H,6-8,10H2,1-5H3/b15-11+,18-9+,19-13+/t20-,23+,24-/m1/s1. The Labute approximate surface area is 194 Å². The molecule has 180 valence electrons. The SMILES string of the molecule is CC(=O)O/C=C1\CCC/C(C=O)=C\C[C@@H]2C(C(=O)/C=C(\C)C(C)(C)O)=CO[C@H](OC(C)=O)[C@@H]12. The fraction of sp³-hybridized carbons (Fsp3) is 0.520. The van der Waals surface area contributed by atoms with E-state index in [4.69, 9.17) is 14.2 Å². The molecule has 0 spiro atoms. The lowest BCUT2D eigenvalue weighted by molar-refractivity contribution is -0.180. The van der Waals surface area contributed by atoms with E-state index in [0.717, 1.165) is 6.29 Å². The maximum absolute atomic E-state index is 13.2. The topological polar surface area (TPSA) is 116 Å². The molecule has 3 atom stereocenters. The number of aldehydes is 1. The molecule has 0 saturated heterocycles. The van der Waals surface area contributed by atoms with Crippen molar-refractivity contribution in [2.24, 2.45) is 11.8 Å². The van der Waals surface area contributed by atoms with E-state index in [9.17, 15) is 24.3 Å². The van der Waals surface area contributed by atoms with Crippen molar-refractivity contribution in [1.29, 1.82) is 0 Å². The van der Waals surface area contributed by atoms with Gasteiger partial charge in [-0.1, -0.05) is 6.08 Å². The number of allylic oxidation sites excluding steroid dienone is 4. The van der Waals surface area contributed by atoms with E-state index >= 15 is 0 Å². The quantitative estimate of drug-likeness (QED) is 0.277. The van der Waals surface area contributed by atoms with E-state index in [0.29, 0.717) is 48.0 Å². The van der Waals surface area contributed by atoms with Crippen molar-refractivity contribution in [3.8, 4) is 0 Å². The summed E-state index contributed by atoms with van der Waals surface area (Å²) in [5.41, 5.74) is 0.838. The van der Waals surface area contributed by atoms with Gasteiger partial charge >= 0.3 is 11.9 Å². The molecule has 1 aliphatic carbocycles. The number of carbonyl (C=O) groups is 4. The number of ether oxygens (including phenoxy) is 3. The Balaban J connectivity index is 2.61. The molecule has 33 heavy (non-hydrogen) atoms. The molecular formula is C25H32O8. The number of esters is 2. The molecule has 8 nitrogen and oxygen atoms in total. The van der Waals surface area contributed by atoms with Crippen LogP contribution in [0.2, 0.25) is 0 Å². The summed E-state index contributed by atoms with van der Waals surface area (Å²) >= 11 is 0. The third-order valence-corrected chi connectivity index (χ3v) is 5.86. The van der Waals surface area contributed by atoms with Crippen molar-refractivity contribution in [2.45, 2.75) is 72.2 Å². The average Bonchev–Trinajstić information content (AvgIpc) is 2.80. The van der Waals surface area contributed by atoms with Crippen molar-refractivity contribution in [3.05, 3.63) is 47.0 Å². The van der Waals surface area contributed by atoms with Crippen LogP contribution < -0.4 is 0 Å². The third-order valence-electron chi connectivity index (χ3n) is 5.86. The number of aliphatic hydroxyl groups is 1. The molecule has 2 aliphatic rings. The molecule has 0 bridgehead atoms. The molecule has 2 rings (SSSR count). The van der Waals surface area contributed by atoms with Gasteiger partial charge in [0.2, 0.25) is 0 Å². The second-order valence-electron chi connectivity index (χ2n) is 8.86. The van der Waals surface area contributed by atoms with Crippen molar-refractivity contribution in [3.63, 3.8) is 0 Å². The van der Waals surface area contributed by atoms with E-state index < -0.39 is 35.7 Å². The summed E-state index contributed by atoms with van der Waals surface area (Å²) in [6.07, 6.45) is 7.37. The van der Waals surface area contributed by atoms with Crippen molar-refractivity contribution < 1.29 is 38.5 Å². The van der Waals surface area contributed by atoms with Gasteiger partial charge in [0.25, 0.3) is 6.29 Å². The molecule has 0 radical (unpaired) electrons. The van der Waals surface area contributed by atoms with Gasteiger partial charge in [0.15, 0.2) is 5.78 Å². The van der Waals surface area contributed by atoms with Crippen LogP contribution in [0.5, 0.6) is 0 Å². The first-order valence-corrected chi connectivity index (χ1v) is 10.9. The van der Waals surface area contributed by atoms with E-state index in [2.05, 4.69) is 0 Å². The highest BCUT2D eigenvalue weighted by molar-refractivity contribution is 6.05. The van der Waals surface area contributed by atoms with Crippen molar-refractivity contribution in [2.75, 3.05) is 0 Å². The minimum Gasteiger partial charge on any atom is -0.461 e. The monoisotopic (exact) mass is 460 g/mol. The lowest BCUT2D eigenvalue weighted by Crippen LogP contribution is -2.40. The summed E-state index contributed by atoms with van der Waals surface area (Å²) in [4.78, 5) is 48.0. The highest BCUT2D eigenvalue weighted by Gasteiger charge is 2.42. The van der Waals surface area contributed by atoms with Crippen LogP contribution in [-0.2, 0) is 33.4 Å². The zero-order chi connectivity index (χ0) is 24.8. The molecule has 0 fully saturated rings. The number of hydrogen-bond donors (Lipinski definition) is 1. The highest BCUT2D eigenvalue weighted by Crippen LogP contribution is 2.42. The largest absolute Gasteiger partial charge is 0.461 e. The third kappa shape index (κ3) is 7.25. The van der Waals surface area contributed by atoms with E-state index in [-0.39, 0.29) is 5.78 Å². The number of carbonyl (C=O) groups excluding carboxylic acids is 4. The molecule has 0 aromatic rings. The Morgan fingerprint density at radius 2 is 1.85 bits per heavy atom. The number of ketones is 1. The van der Waals surface area contributed by atoms with Crippen LogP contribution in [0.15, 0.2) is 47.0 Å². The average molecular weight is 461 g/mol. The van der Waals surface area contributed by atoms with Gasteiger partial charge in [0.1, 0.15) is 6.29 Å². The second kappa shape index (κ2) is 11.2. The first kappa shape index (κ1) is 26.3. The van der Waals surface area contributed by atoms with E-state index in [1.54, 1.807) is 26.8 Å². The van der Waals surface area contributed by atoms with Crippen LogP contribution >= 0.6 is 0 Å². The first-order chi connectivity index (χ1) is 15.4. The fourth-order valence-corrected chi connectivity index (χ4v) is 3.81. The van der Waals surface area contributed by atoms with Crippen LogP contribution in [0.3, 0.4) is 0 Å². The predicted molar refractivity (Wildman–Crippen MR) is 119 cm³/mol. The minimum absolute atomic E-state index is 0.309. The number of rotatable bonds is 6. The molecule has 1 aliphatic heterocycles. The van der Waals surface area contributed by atoms with Gasteiger partial charge in [0, 0.05) is 25.3 Å². The van der Waals surface area contributed by atoms with Crippen LogP contribution in [0.25, 0.3) is 0 Å². The first-order valence-electron chi connectivity index (χ1n) is 10.9. The van der Waals surface area contributed by atoms with Gasteiger partial charge in [-0.25, -0.2) is 0 Å². The fourth-order valence-electron chi connectivity index (χ4n) is 3.81. The molecule has 0 unspecified atom stereocenters. The summed E-state index contributed by atoms with van der Waals surface area (Å²) in [7, 11) is 0. The van der Waals surface area contributed by atoms with E-state index in [1.165, 1.54) is 32.4 Å². The molecular weight excluding hydrogens is 428 g/mol. The Bertz CT molecular complexity index is 913. The highest BCUT2D eigenvalue weighted by atomic mass is 16.7. The zero-order valence-electron chi connectivity index (χ0n) is 19.8. The zero-order valence-corrected chi connectivity index (χ0v) is 19.8. The van der Waals surface area contributed by atoms with Crippen molar-refractivity contribution >= 4 is 24.0 Å². The van der Waals surface area contributed by atoms with Crippen LogP contribution in [0.1, 0.15) is 60.3 Å². The van der Waals surface area contributed by atoms with Crippen LogP contribution in [0, 0.1) is 11.8 Å². The maximum atomic E-state index is 13.2. The molecule has 0 aromatic heterocycles.